The number of aromatic nitrogens is 1. The number of pyridine rings is 1. The van der Waals surface area contributed by atoms with E-state index in [-0.39, 0.29) is 24.0 Å². The minimum atomic E-state index is -0.814. The summed E-state index contributed by atoms with van der Waals surface area (Å²) in [6.45, 7) is 1.66. The fourth-order valence-electron chi connectivity index (χ4n) is 3.49. The highest BCUT2D eigenvalue weighted by atomic mass is 16.5. The van der Waals surface area contributed by atoms with Crippen LogP contribution < -0.4 is 10.5 Å². The quantitative estimate of drug-likeness (QED) is 0.675. The summed E-state index contributed by atoms with van der Waals surface area (Å²) in [7, 11) is 0. The van der Waals surface area contributed by atoms with E-state index in [0.29, 0.717) is 0 Å². The SMILES string of the molecule is C[C@H](N)C(=O)Oc1cccnc1C(=O)OCC1c2ccccc2-c2ccccc21. The van der Waals surface area contributed by atoms with Crippen molar-refractivity contribution in [3.63, 3.8) is 0 Å². The Hall–Kier alpha value is -3.51. The minimum Gasteiger partial charge on any atom is -0.460 e. The van der Waals surface area contributed by atoms with Crippen molar-refractivity contribution in [2.75, 3.05) is 6.61 Å². The number of benzene rings is 2. The molecule has 146 valence electrons. The monoisotopic (exact) mass is 388 g/mol. The van der Waals surface area contributed by atoms with Crippen molar-refractivity contribution in [3.05, 3.63) is 83.7 Å². The van der Waals surface area contributed by atoms with Crippen LogP contribution in [0.5, 0.6) is 5.75 Å². The van der Waals surface area contributed by atoms with Crippen molar-refractivity contribution in [3.8, 4) is 16.9 Å². The number of hydrogen-bond donors (Lipinski definition) is 1. The number of nitrogens with zero attached hydrogens (tertiary/aromatic N) is 1. The smallest absolute Gasteiger partial charge is 0.360 e. The Morgan fingerprint density at radius 2 is 1.62 bits per heavy atom. The summed E-state index contributed by atoms with van der Waals surface area (Å²) in [4.78, 5) is 28.5. The van der Waals surface area contributed by atoms with Crippen molar-refractivity contribution in [2.24, 2.45) is 5.73 Å². The summed E-state index contributed by atoms with van der Waals surface area (Å²) in [6.07, 6.45) is 1.44. The average Bonchev–Trinajstić information content (AvgIpc) is 3.06. The van der Waals surface area contributed by atoms with E-state index in [2.05, 4.69) is 17.1 Å². The Morgan fingerprint density at radius 1 is 1.00 bits per heavy atom. The van der Waals surface area contributed by atoms with Crippen LogP contribution in [0.25, 0.3) is 11.1 Å². The molecule has 0 unspecified atom stereocenters. The zero-order valence-corrected chi connectivity index (χ0v) is 15.9. The van der Waals surface area contributed by atoms with Crippen LogP contribution in [0.2, 0.25) is 0 Å². The Bertz CT molecular complexity index is 1030. The van der Waals surface area contributed by atoms with E-state index >= 15 is 0 Å². The van der Waals surface area contributed by atoms with Gasteiger partial charge in [-0.1, -0.05) is 48.5 Å². The average molecular weight is 388 g/mol. The number of carbonyl (C=O) groups excluding carboxylic acids is 2. The van der Waals surface area contributed by atoms with Crippen LogP contribution in [0.3, 0.4) is 0 Å². The predicted octanol–water partition coefficient (Wildman–Crippen LogP) is 3.30. The molecule has 2 N–H and O–H groups in total. The standard InChI is InChI=1S/C23H20N2O4/c1-14(24)22(26)29-20-11-6-12-25-21(20)23(27)28-13-19-17-9-4-2-7-15(17)16-8-3-5-10-18(16)19/h2-12,14,19H,13,24H2,1H3/t14-/m0/s1. The van der Waals surface area contributed by atoms with Gasteiger partial charge in [-0.15, -0.1) is 0 Å². The van der Waals surface area contributed by atoms with Crippen molar-refractivity contribution < 1.29 is 19.1 Å². The van der Waals surface area contributed by atoms with Gasteiger partial charge >= 0.3 is 11.9 Å². The van der Waals surface area contributed by atoms with E-state index in [4.69, 9.17) is 15.2 Å². The lowest BCUT2D eigenvalue weighted by molar-refractivity contribution is -0.135. The lowest BCUT2D eigenvalue weighted by atomic mass is 9.98. The highest BCUT2D eigenvalue weighted by molar-refractivity contribution is 5.92. The second-order valence-electron chi connectivity index (χ2n) is 6.89. The first kappa shape index (κ1) is 18.8. The summed E-state index contributed by atoms with van der Waals surface area (Å²) in [5.41, 5.74) is 10.0. The lowest BCUT2D eigenvalue weighted by Gasteiger charge is -2.15. The molecule has 0 fully saturated rings. The molecule has 1 aliphatic rings. The van der Waals surface area contributed by atoms with E-state index < -0.39 is 18.0 Å². The van der Waals surface area contributed by atoms with Crippen LogP contribution in [0, 0.1) is 0 Å². The van der Waals surface area contributed by atoms with E-state index in [1.54, 1.807) is 6.07 Å². The van der Waals surface area contributed by atoms with Gasteiger partial charge in [0.05, 0.1) is 0 Å². The third kappa shape index (κ3) is 3.62. The van der Waals surface area contributed by atoms with Crippen LogP contribution in [0.4, 0.5) is 0 Å². The largest absolute Gasteiger partial charge is 0.460 e. The van der Waals surface area contributed by atoms with Crippen molar-refractivity contribution in [1.29, 1.82) is 0 Å². The lowest BCUT2D eigenvalue weighted by Crippen LogP contribution is -2.31. The van der Waals surface area contributed by atoms with E-state index in [0.717, 1.165) is 22.3 Å². The molecule has 29 heavy (non-hydrogen) atoms. The van der Waals surface area contributed by atoms with E-state index in [1.165, 1.54) is 19.2 Å². The first-order valence-electron chi connectivity index (χ1n) is 9.34. The van der Waals surface area contributed by atoms with Gasteiger partial charge in [0.25, 0.3) is 0 Å². The number of fused-ring (bicyclic) bond motifs is 3. The number of ether oxygens (including phenoxy) is 2. The van der Waals surface area contributed by atoms with E-state index in [9.17, 15) is 9.59 Å². The second-order valence-corrected chi connectivity index (χ2v) is 6.89. The van der Waals surface area contributed by atoms with Gasteiger partial charge < -0.3 is 15.2 Å². The maximum atomic E-state index is 12.7. The molecule has 2 aromatic carbocycles. The molecule has 0 radical (unpaired) electrons. The molecule has 0 spiro atoms. The summed E-state index contributed by atoms with van der Waals surface area (Å²) >= 11 is 0. The fourth-order valence-corrected chi connectivity index (χ4v) is 3.49. The number of hydrogen-bond acceptors (Lipinski definition) is 6. The van der Waals surface area contributed by atoms with Crippen LogP contribution in [0.15, 0.2) is 66.9 Å². The molecule has 0 aliphatic heterocycles. The minimum absolute atomic E-state index is 0.0343. The molecular weight excluding hydrogens is 368 g/mol. The fraction of sp³-hybridized carbons (Fsp3) is 0.174. The highest BCUT2D eigenvalue weighted by Gasteiger charge is 2.30. The first-order chi connectivity index (χ1) is 14.1. The summed E-state index contributed by atoms with van der Waals surface area (Å²) in [5.74, 6) is -1.33. The van der Waals surface area contributed by atoms with Crippen LogP contribution >= 0.6 is 0 Å². The zero-order chi connectivity index (χ0) is 20.4. The topological polar surface area (TPSA) is 91.5 Å². The van der Waals surface area contributed by atoms with Gasteiger partial charge in [0.15, 0.2) is 11.4 Å². The summed E-state index contributed by atoms with van der Waals surface area (Å²) < 4.78 is 10.8. The van der Waals surface area contributed by atoms with Crippen molar-refractivity contribution >= 4 is 11.9 Å². The molecule has 0 amide bonds. The molecule has 1 aromatic heterocycles. The van der Waals surface area contributed by atoms with Crippen LogP contribution in [-0.2, 0) is 9.53 Å². The molecular formula is C23H20N2O4. The second kappa shape index (κ2) is 7.85. The third-order valence-electron chi connectivity index (χ3n) is 4.89. The Morgan fingerprint density at radius 3 is 2.24 bits per heavy atom. The number of rotatable bonds is 5. The van der Waals surface area contributed by atoms with Crippen molar-refractivity contribution in [1.82, 2.24) is 4.98 Å². The Labute approximate surface area is 168 Å². The van der Waals surface area contributed by atoms with Crippen molar-refractivity contribution in [2.45, 2.75) is 18.9 Å². The van der Waals surface area contributed by atoms with Gasteiger partial charge in [-0.2, -0.15) is 0 Å². The maximum absolute atomic E-state index is 12.7. The molecule has 3 aromatic rings. The normalized spacial score (nSPS) is 13.3. The van der Waals surface area contributed by atoms with Gasteiger partial charge in [-0.3, -0.25) is 0 Å². The molecule has 4 rings (SSSR count). The maximum Gasteiger partial charge on any atom is 0.360 e. The van der Waals surface area contributed by atoms with Gasteiger partial charge in [0.2, 0.25) is 0 Å². The Kier molecular flexibility index (Phi) is 5.10. The number of nitrogens with two attached hydrogens (primary N) is 1. The zero-order valence-electron chi connectivity index (χ0n) is 15.9. The highest BCUT2D eigenvalue weighted by Crippen LogP contribution is 2.44. The molecule has 6 heteroatoms. The molecule has 1 aliphatic carbocycles. The summed E-state index contributed by atoms with van der Waals surface area (Å²) in [6, 6.07) is 18.4. The van der Waals surface area contributed by atoms with Gasteiger partial charge in [0.1, 0.15) is 12.6 Å². The van der Waals surface area contributed by atoms with E-state index in [1.807, 2.05) is 36.4 Å². The first-order valence-corrected chi connectivity index (χ1v) is 9.34. The number of carbonyl (C=O) groups is 2. The Balaban J connectivity index is 1.55. The third-order valence-corrected chi connectivity index (χ3v) is 4.89. The summed E-state index contributed by atoms with van der Waals surface area (Å²) in [5, 5.41) is 0. The molecule has 0 bridgehead atoms. The molecule has 0 saturated carbocycles. The van der Waals surface area contributed by atoms with Crippen LogP contribution in [0.1, 0.15) is 34.5 Å². The molecule has 1 heterocycles. The number of esters is 2. The van der Waals surface area contributed by atoms with Crippen LogP contribution in [-0.4, -0.2) is 29.6 Å². The molecule has 1 atom stereocenters. The van der Waals surface area contributed by atoms with Gasteiger partial charge in [-0.25, -0.2) is 14.6 Å². The molecule has 0 saturated heterocycles. The predicted molar refractivity (Wildman–Crippen MR) is 108 cm³/mol. The van der Waals surface area contributed by atoms with Gasteiger partial charge in [0, 0.05) is 12.1 Å². The molecule has 6 nitrogen and oxygen atoms in total. The van der Waals surface area contributed by atoms with Gasteiger partial charge in [-0.05, 0) is 41.3 Å².